The lowest BCUT2D eigenvalue weighted by Gasteiger charge is -2.40. The molecule has 1 aromatic carbocycles. The lowest BCUT2D eigenvalue weighted by Crippen LogP contribution is -2.55. The summed E-state index contributed by atoms with van der Waals surface area (Å²) in [6.07, 6.45) is 3.20. The zero-order valence-electron chi connectivity index (χ0n) is 19.2. The Kier molecular flexibility index (Phi) is 7.67. The van der Waals surface area contributed by atoms with E-state index in [4.69, 9.17) is 27.9 Å². The van der Waals surface area contributed by atoms with Crippen molar-refractivity contribution in [1.82, 2.24) is 24.6 Å². The van der Waals surface area contributed by atoms with Crippen LogP contribution in [0, 0.1) is 5.92 Å². The molecule has 1 aromatic heterocycles. The number of piperidine rings is 1. The summed E-state index contributed by atoms with van der Waals surface area (Å²) in [6, 6.07) is 1.15. The number of nitrogens with one attached hydrogen (secondary N) is 2. The molecular formula is C21H26Cl2N6O5S. The van der Waals surface area contributed by atoms with Gasteiger partial charge in [-0.25, -0.2) is 8.42 Å². The molecule has 2 fully saturated rings. The first-order chi connectivity index (χ1) is 16.6. The van der Waals surface area contributed by atoms with Gasteiger partial charge in [0.1, 0.15) is 11.7 Å². The number of aromatic amines is 1. The van der Waals surface area contributed by atoms with Crippen LogP contribution in [0.3, 0.4) is 0 Å². The summed E-state index contributed by atoms with van der Waals surface area (Å²) in [5, 5.41) is 12.8. The van der Waals surface area contributed by atoms with Gasteiger partial charge in [0.15, 0.2) is 0 Å². The van der Waals surface area contributed by atoms with Crippen LogP contribution in [0.5, 0.6) is 0 Å². The van der Waals surface area contributed by atoms with Crippen molar-refractivity contribution < 1.29 is 22.7 Å². The van der Waals surface area contributed by atoms with E-state index in [1.807, 2.05) is 0 Å². The summed E-state index contributed by atoms with van der Waals surface area (Å²) in [6.45, 7) is 2.09. The zero-order chi connectivity index (χ0) is 25.3. The van der Waals surface area contributed by atoms with Crippen molar-refractivity contribution >= 4 is 50.7 Å². The lowest BCUT2D eigenvalue weighted by molar-refractivity contribution is -0.135. The van der Waals surface area contributed by atoms with Gasteiger partial charge in [-0.2, -0.15) is 19.7 Å². The average molecular weight is 545 g/mol. The van der Waals surface area contributed by atoms with Crippen molar-refractivity contribution in [3.63, 3.8) is 0 Å². The molecule has 2 amide bonds. The van der Waals surface area contributed by atoms with E-state index in [0.717, 1.165) is 0 Å². The van der Waals surface area contributed by atoms with Crippen LogP contribution in [0.4, 0.5) is 5.69 Å². The molecule has 2 unspecified atom stereocenters. The number of anilines is 1. The predicted molar refractivity (Wildman–Crippen MR) is 128 cm³/mol. The minimum absolute atomic E-state index is 0.0151. The van der Waals surface area contributed by atoms with Gasteiger partial charge in [-0.1, -0.05) is 23.2 Å². The number of rotatable bonds is 7. The third kappa shape index (κ3) is 5.17. The van der Waals surface area contributed by atoms with E-state index >= 15 is 0 Å². The quantitative estimate of drug-likeness (QED) is 0.545. The summed E-state index contributed by atoms with van der Waals surface area (Å²) < 4.78 is 34.7. The van der Waals surface area contributed by atoms with E-state index in [9.17, 15) is 18.0 Å². The van der Waals surface area contributed by atoms with Gasteiger partial charge in [-0.3, -0.25) is 9.59 Å². The van der Waals surface area contributed by atoms with E-state index in [0.29, 0.717) is 31.5 Å². The predicted octanol–water partition coefficient (Wildman–Crippen LogP) is 2.29. The molecule has 2 bridgehead atoms. The number of hydrogen-bond acceptors (Lipinski definition) is 7. The molecule has 14 heteroatoms. The number of methoxy groups -OCH3 is 1. The van der Waals surface area contributed by atoms with Crippen molar-refractivity contribution in [3.8, 4) is 0 Å². The molecule has 2 aliphatic rings. The monoisotopic (exact) mass is 544 g/mol. The van der Waals surface area contributed by atoms with Crippen molar-refractivity contribution in [2.45, 2.75) is 49.7 Å². The lowest BCUT2D eigenvalue weighted by atomic mass is 9.91. The summed E-state index contributed by atoms with van der Waals surface area (Å²) in [5.74, 6) is -0.959. The largest absolute Gasteiger partial charge is 0.384 e. The fourth-order valence-electron chi connectivity index (χ4n) is 4.87. The first-order valence-electron chi connectivity index (χ1n) is 11.1. The van der Waals surface area contributed by atoms with E-state index < -0.39 is 28.0 Å². The summed E-state index contributed by atoms with van der Waals surface area (Å²) >= 11 is 12.6. The van der Waals surface area contributed by atoms with Gasteiger partial charge in [0, 0.05) is 32.5 Å². The van der Waals surface area contributed by atoms with Crippen LogP contribution in [0.1, 0.15) is 31.9 Å². The highest BCUT2D eigenvalue weighted by atomic mass is 35.5. The Labute approximate surface area is 213 Å². The van der Waals surface area contributed by atoms with E-state index in [-0.39, 0.29) is 45.6 Å². The highest BCUT2D eigenvalue weighted by Gasteiger charge is 2.50. The van der Waals surface area contributed by atoms with Crippen molar-refractivity contribution in [2.24, 2.45) is 5.92 Å². The van der Waals surface area contributed by atoms with E-state index in [1.54, 1.807) is 12.0 Å². The molecule has 2 aliphatic heterocycles. The van der Waals surface area contributed by atoms with Crippen LogP contribution in [0.15, 0.2) is 23.2 Å². The molecule has 2 N–H and O–H groups in total. The average Bonchev–Trinajstić information content (AvgIpc) is 3.30. The number of fused-ring (bicyclic) bond motifs is 2. The number of carbonyl (C=O) groups is 2. The van der Waals surface area contributed by atoms with Gasteiger partial charge < -0.3 is 15.0 Å². The molecule has 0 radical (unpaired) electrons. The van der Waals surface area contributed by atoms with Crippen LogP contribution in [-0.4, -0.2) is 77.2 Å². The van der Waals surface area contributed by atoms with Gasteiger partial charge in [0.2, 0.25) is 21.8 Å². The molecule has 0 spiro atoms. The van der Waals surface area contributed by atoms with Crippen LogP contribution >= 0.6 is 23.2 Å². The Morgan fingerprint density at radius 2 is 2.00 bits per heavy atom. The number of H-pyrrole nitrogens is 1. The number of nitrogens with zero attached hydrogens (tertiary/aromatic N) is 4. The standard InChI is InChI=1S/C21H26Cl2N6O5S/c1-12(30)25-20-16(22)6-15(7-17(20)23)35(32,33)29-18-4-3-5-19(29)21(31)28(9-13(18)11-34-2)10-14-8-24-27-26-14/h6-8,13,18-19H,3-5,9-11H2,1-2H3,(H,25,30)(H,24,26,27)/t13-,18?,19?/m1/s1. The summed E-state index contributed by atoms with van der Waals surface area (Å²) in [7, 11) is -2.64. The van der Waals surface area contributed by atoms with Gasteiger partial charge in [0.25, 0.3) is 0 Å². The van der Waals surface area contributed by atoms with Crippen molar-refractivity contribution in [2.75, 3.05) is 25.6 Å². The number of carbonyl (C=O) groups excluding carboxylic acids is 2. The molecular weight excluding hydrogens is 519 g/mol. The van der Waals surface area contributed by atoms with Gasteiger partial charge in [-0.15, -0.1) is 0 Å². The molecule has 4 rings (SSSR count). The first kappa shape index (κ1) is 25.8. The van der Waals surface area contributed by atoms with Crippen molar-refractivity contribution in [1.29, 1.82) is 0 Å². The van der Waals surface area contributed by atoms with Crippen LogP contribution < -0.4 is 5.32 Å². The molecule has 3 heterocycles. The Balaban J connectivity index is 1.76. The van der Waals surface area contributed by atoms with Crippen LogP contribution in [0.2, 0.25) is 10.0 Å². The number of halogens is 2. The molecule has 3 atom stereocenters. The minimum Gasteiger partial charge on any atom is -0.384 e. The maximum Gasteiger partial charge on any atom is 0.244 e. The molecule has 190 valence electrons. The molecule has 11 nitrogen and oxygen atoms in total. The number of sulfonamides is 1. The number of hydrogen-bond donors (Lipinski definition) is 2. The van der Waals surface area contributed by atoms with Gasteiger partial charge >= 0.3 is 0 Å². The number of amides is 2. The molecule has 35 heavy (non-hydrogen) atoms. The summed E-state index contributed by atoms with van der Waals surface area (Å²) in [5.41, 5.74) is 0.704. The van der Waals surface area contributed by atoms with Crippen LogP contribution in [-0.2, 0) is 30.9 Å². The molecule has 2 saturated heterocycles. The Morgan fingerprint density at radius 3 is 2.60 bits per heavy atom. The maximum absolute atomic E-state index is 14.0. The topological polar surface area (TPSA) is 138 Å². The van der Waals surface area contributed by atoms with E-state index in [1.165, 1.54) is 29.6 Å². The molecule has 0 aliphatic carbocycles. The zero-order valence-corrected chi connectivity index (χ0v) is 21.5. The number of aromatic nitrogens is 3. The molecule has 2 aromatic rings. The highest BCUT2D eigenvalue weighted by molar-refractivity contribution is 7.89. The number of benzene rings is 1. The first-order valence-corrected chi connectivity index (χ1v) is 13.3. The van der Waals surface area contributed by atoms with Gasteiger partial charge in [-0.05, 0) is 31.4 Å². The maximum atomic E-state index is 14.0. The Morgan fingerprint density at radius 1 is 1.29 bits per heavy atom. The Hall–Kier alpha value is -2.25. The highest BCUT2D eigenvalue weighted by Crippen LogP contribution is 2.40. The van der Waals surface area contributed by atoms with Crippen LogP contribution in [0.25, 0.3) is 0 Å². The smallest absolute Gasteiger partial charge is 0.244 e. The fraction of sp³-hybridized carbons (Fsp3) is 0.524. The second kappa shape index (κ2) is 10.4. The van der Waals surface area contributed by atoms with Gasteiger partial charge in [0.05, 0.1) is 40.0 Å². The summed E-state index contributed by atoms with van der Waals surface area (Å²) in [4.78, 5) is 26.6. The second-order valence-electron chi connectivity index (χ2n) is 8.69. The Bertz CT molecular complexity index is 1190. The third-order valence-electron chi connectivity index (χ3n) is 6.30. The minimum atomic E-state index is -4.19. The SMILES string of the molecule is COC[C@H]1CN(Cc2cn[nH]n2)C(=O)C2CCCC1N2S(=O)(=O)c1cc(Cl)c(NC(C)=O)c(Cl)c1. The number of ether oxygens (including phenoxy) is 1. The van der Waals surface area contributed by atoms with E-state index in [2.05, 4.69) is 20.7 Å². The second-order valence-corrected chi connectivity index (χ2v) is 11.3. The normalized spacial score (nSPS) is 23.3. The van der Waals surface area contributed by atoms with Crippen molar-refractivity contribution in [3.05, 3.63) is 34.1 Å². The third-order valence-corrected chi connectivity index (χ3v) is 8.81. The fourth-order valence-corrected chi connectivity index (χ4v) is 7.52. The molecule has 0 saturated carbocycles.